The Labute approximate surface area is 99.2 Å². The minimum Gasteiger partial charge on any atom is -0.377 e. The van der Waals surface area contributed by atoms with Gasteiger partial charge in [0, 0.05) is 18.9 Å². The molecule has 0 saturated carbocycles. The number of rotatable bonds is 1. The highest BCUT2D eigenvalue weighted by molar-refractivity contribution is 6.33. The molecule has 1 atom stereocenters. The summed E-state index contributed by atoms with van der Waals surface area (Å²) >= 11 is 5.94. The smallest absolute Gasteiger partial charge is 0.255 e. The Balaban J connectivity index is 2.21. The summed E-state index contributed by atoms with van der Waals surface area (Å²) in [7, 11) is 0. The van der Waals surface area contributed by atoms with Crippen LogP contribution in [-0.4, -0.2) is 41.6 Å². The molecular weight excluding hydrogens is 228 g/mol. The fourth-order valence-electron chi connectivity index (χ4n) is 1.73. The fourth-order valence-corrected chi connectivity index (χ4v) is 1.93. The number of pyridine rings is 1. The van der Waals surface area contributed by atoms with Crippen LogP contribution in [0.3, 0.4) is 0 Å². The van der Waals surface area contributed by atoms with E-state index >= 15 is 0 Å². The number of amides is 1. The van der Waals surface area contributed by atoms with E-state index in [0.717, 1.165) is 0 Å². The molecule has 0 radical (unpaired) electrons. The van der Waals surface area contributed by atoms with Crippen molar-refractivity contribution in [3.63, 3.8) is 0 Å². The van der Waals surface area contributed by atoms with Crippen molar-refractivity contribution >= 4 is 17.5 Å². The first-order chi connectivity index (χ1) is 7.70. The molecule has 4 nitrogen and oxygen atoms in total. The average molecular weight is 241 g/mol. The molecule has 1 aromatic rings. The largest absolute Gasteiger partial charge is 0.377 e. The molecule has 2 heterocycles. The highest BCUT2D eigenvalue weighted by atomic mass is 35.5. The Hall–Kier alpha value is -1.13. The van der Waals surface area contributed by atoms with Gasteiger partial charge in [-0.2, -0.15) is 0 Å². The minimum atomic E-state index is -0.0526. The van der Waals surface area contributed by atoms with Crippen LogP contribution >= 0.6 is 11.6 Å². The highest BCUT2D eigenvalue weighted by Gasteiger charge is 2.25. The molecule has 1 fully saturated rings. The summed E-state index contributed by atoms with van der Waals surface area (Å²) in [4.78, 5) is 17.8. The summed E-state index contributed by atoms with van der Waals surface area (Å²) in [5.74, 6) is -0.0526. The Kier molecular flexibility index (Phi) is 3.41. The molecule has 1 aliphatic heterocycles. The lowest BCUT2D eigenvalue weighted by Gasteiger charge is -2.33. The van der Waals surface area contributed by atoms with Gasteiger partial charge in [0.1, 0.15) is 0 Å². The zero-order valence-corrected chi connectivity index (χ0v) is 9.78. The van der Waals surface area contributed by atoms with Gasteiger partial charge in [0.25, 0.3) is 5.91 Å². The first kappa shape index (κ1) is 11.4. The van der Waals surface area contributed by atoms with Crippen LogP contribution in [-0.2, 0) is 4.74 Å². The van der Waals surface area contributed by atoms with E-state index in [2.05, 4.69) is 4.98 Å². The van der Waals surface area contributed by atoms with E-state index in [1.54, 1.807) is 17.2 Å². The van der Waals surface area contributed by atoms with E-state index in [9.17, 15) is 4.79 Å². The number of nitrogens with zero attached hydrogens (tertiary/aromatic N) is 2. The zero-order valence-electron chi connectivity index (χ0n) is 9.02. The normalized spacial score (nSPS) is 20.9. The monoisotopic (exact) mass is 240 g/mol. The average Bonchev–Trinajstić information content (AvgIpc) is 2.29. The molecule has 0 N–H and O–H groups in total. The summed E-state index contributed by atoms with van der Waals surface area (Å²) in [5.41, 5.74) is 0.505. The highest BCUT2D eigenvalue weighted by Crippen LogP contribution is 2.18. The van der Waals surface area contributed by atoms with Crippen LogP contribution in [0, 0.1) is 0 Å². The topological polar surface area (TPSA) is 42.4 Å². The van der Waals surface area contributed by atoms with E-state index in [0.29, 0.717) is 30.3 Å². The molecule has 0 spiro atoms. The van der Waals surface area contributed by atoms with Crippen molar-refractivity contribution in [3.8, 4) is 0 Å². The second kappa shape index (κ2) is 4.80. The molecule has 1 amide bonds. The van der Waals surface area contributed by atoms with Gasteiger partial charge in [-0.25, -0.2) is 0 Å². The van der Waals surface area contributed by atoms with Gasteiger partial charge < -0.3 is 9.64 Å². The second-order valence-corrected chi connectivity index (χ2v) is 4.19. The molecule has 5 heteroatoms. The van der Waals surface area contributed by atoms with Crippen molar-refractivity contribution in [2.45, 2.75) is 13.0 Å². The van der Waals surface area contributed by atoms with Gasteiger partial charge in [-0.05, 0) is 13.0 Å². The lowest BCUT2D eigenvalue weighted by Crippen LogP contribution is -2.47. The van der Waals surface area contributed by atoms with Crippen LogP contribution < -0.4 is 0 Å². The summed E-state index contributed by atoms with van der Waals surface area (Å²) in [6.45, 7) is 3.73. The third kappa shape index (κ3) is 2.18. The van der Waals surface area contributed by atoms with Crippen LogP contribution in [0.5, 0.6) is 0 Å². The Morgan fingerprint density at radius 3 is 3.19 bits per heavy atom. The molecule has 1 unspecified atom stereocenters. The van der Waals surface area contributed by atoms with E-state index in [1.165, 1.54) is 6.20 Å². The van der Waals surface area contributed by atoms with E-state index < -0.39 is 0 Å². The summed E-state index contributed by atoms with van der Waals surface area (Å²) in [6.07, 6.45) is 3.06. The van der Waals surface area contributed by atoms with Crippen molar-refractivity contribution in [3.05, 3.63) is 29.0 Å². The van der Waals surface area contributed by atoms with Gasteiger partial charge in [-0.15, -0.1) is 0 Å². The van der Waals surface area contributed by atoms with Crippen molar-refractivity contribution in [2.75, 3.05) is 19.8 Å². The molecule has 1 aliphatic rings. The minimum absolute atomic E-state index is 0.0526. The molecule has 0 aliphatic carbocycles. The first-order valence-electron chi connectivity index (χ1n) is 5.18. The molecule has 2 rings (SSSR count). The summed E-state index contributed by atoms with van der Waals surface area (Å²) in [6, 6.07) is 1.73. The van der Waals surface area contributed by atoms with Crippen molar-refractivity contribution < 1.29 is 9.53 Å². The molecule has 16 heavy (non-hydrogen) atoms. The van der Waals surface area contributed by atoms with Gasteiger partial charge in [0.15, 0.2) is 0 Å². The molecule has 86 valence electrons. The van der Waals surface area contributed by atoms with E-state index in [-0.39, 0.29) is 11.9 Å². The standard InChI is InChI=1S/C11H13ClN2O2/c1-8-7-16-5-4-14(8)11(15)9-2-3-13-6-10(9)12/h2-3,6,8H,4-5,7H2,1H3. The molecule has 1 aromatic heterocycles. The Bertz CT molecular complexity index is 397. The second-order valence-electron chi connectivity index (χ2n) is 3.78. The predicted octanol–water partition coefficient (Wildman–Crippen LogP) is 1.60. The quantitative estimate of drug-likeness (QED) is 0.749. The Morgan fingerprint density at radius 1 is 1.69 bits per heavy atom. The number of aromatic nitrogens is 1. The lowest BCUT2D eigenvalue weighted by atomic mass is 10.2. The maximum atomic E-state index is 12.2. The van der Waals surface area contributed by atoms with Gasteiger partial charge in [0.05, 0.1) is 29.8 Å². The van der Waals surface area contributed by atoms with Gasteiger partial charge in [-0.1, -0.05) is 11.6 Å². The van der Waals surface area contributed by atoms with Crippen molar-refractivity contribution in [1.82, 2.24) is 9.88 Å². The van der Waals surface area contributed by atoms with Crippen LogP contribution in [0.25, 0.3) is 0 Å². The van der Waals surface area contributed by atoms with Crippen LogP contribution in [0.15, 0.2) is 18.5 Å². The molecule has 1 saturated heterocycles. The third-order valence-electron chi connectivity index (χ3n) is 2.63. The maximum Gasteiger partial charge on any atom is 0.255 e. The van der Waals surface area contributed by atoms with Crippen LogP contribution in [0.2, 0.25) is 5.02 Å². The predicted molar refractivity (Wildman–Crippen MR) is 60.6 cm³/mol. The SMILES string of the molecule is CC1COCCN1C(=O)c1ccncc1Cl. The van der Waals surface area contributed by atoms with Gasteiger partial charge in [0.2, 0.25) is 0 Å². The van der Waals surface area contributed by atoms with Crippen LogP contribution in [0.4, 0.5) is 0 Å². The number of carbonyl (C=O) groups excluding carboxylic acids is 1. The van der Waals surface area contributed by atoms with E-state index in [1.807, 2.05) is 6.92 Å². The number of carbonyl (C=O) groups is 1. The van der Waals surface area contributed by atoms with Crippen LogP contribution in [0.1, 0.15) is 17.3 Å². The van der Waals surface area contributed by atoms with E-state index in [4.69, 9.17) is 16.3 Å². The zero-order chi connectivity index (χ0) is 11.5. The molecule has 0 bridgehead atoms. The lowest BCUT2D eigenvalue weighted by molar-refractivity contribution is 0.00360. The number of morpholine rings is 1. The maximum absolute atomic E-state index is 12.2. The molecule has 0 aromatic carbocycles. The number of hydrogen-bond acceptors (Lipinski definition) is 3. The third-order valence-corrected chi connectivity index (χ3v) is 2.93. The van der Waals surface area contributed by atoms with Crippen molar-refractivity contribution in [2.24, 2.45) is 0 Å². The molecular formula is C11H13ClN2O2. The van der Waals surface area contributed by atoms with Gasteiger partial charge in [-0.3, -0.25) is 9.78 Å². The Morgan fingerprint density at radius 2 is 2.50 bits per heavy atom. The fraction of sp³-hybridized carbons (Fsp3) is 0.455. The van der Waals surface area contributed by atoms with Crippen molar-refractivity contribution in [1.29, 1.82) is 0 Å². The summed E-state index contributed by atoms with van der Waals surface area (Å²) in [5, 5.41) is 0.395. The number of ether oxygens (including phenoxy) is 1. The summed E-state index contributed by atoms with van der Waals surface area (Å²) < 4.78 is 5.29. The number of halogens is 1. The first-order valence-corrected chi connectivity index (χ1v) is 5.56. The number of hydrogen-bond donors (Lipinski definition) is 0. The van der Waals surface area contributed by atoms with Gasteiger partial charge >= 0.3 is 0 Å².